The zero-order valence-corrected chi connectivity index (χ0v) is 10.0. The average molecular weight is 204 g/mol. The molecule has 0 saturated heterocycles. The summed E-state index contributed by atoms with van der Waals surface area (Å²) in [6, 6.07) is 0. The number of rotatable bonds is 6. The van der Waals surface area contributed by atoms with Crippen molar-refractivity contribution in [1.82, 2.24) is 0 Å². The molecule has 0 nitrogen and oxygen atoms in total. The zero-order valence-electron chi connectivity index (χ0n) is 10.0. The first-order valence-electron chi connectivity index (χ1n) is 6.26. The van der Waals surface area contributed by atoms with Gasteiger partial charge in [-0.3, -0.25) is 0 Å². The van der Waals surface area contributed by atoms with Crippen LogP contribution >= 0.6 is 0 Å². The Bertz CT molecular complexity index is 232. The molecule has 84 valence electrons. The Morgan fingerprint density at radius 3 is 2.87 bits per heavy atom. The second-order valence-electron chi connectivity index (χ2n) is 4.64. The fourth-order valence-electron chi connectivity index (χ4n) is 2.10. The summed E-state index contributed by atoms with van der Waals surface area (Å²) in [5.74, 6) is 0.924. The normalized spacial score (nSPS) is 24.1. The van der Waals surface area contributed by atoms with E-state index in [9.17, 15) is 0 Å². The second-order valence-corrected chi connectivity index (χ2v) is 4.64. The second kappa shape index (κ2) is 7.50. The van der Waals surface area contributed by atoms with E-state index < -0.39 is 0 Å². The van der Waals surface area contributed by atoms with Crippen molar-refractivity contribution in [2.75, 3.05) is 0 Å². The summed E-state index contributed by atoms with van der Waals surface area (Å²) in [7, 11) is 0. The molecule has 1 unspecified atom stereocenters. The average Bonchev–Trinajstić information content (AvgIpc) is 2.63. The van der Waals surface area contributed by atoms with Crippen LogP contribution in [0.15, 0.2) is 36.5 Å². The molecule has 15 heavy (non-hydrogen) atoms. The van der Waals surface area contributed by atoms with Crippen molar-refractivity contribution in [1.29, 1.82) is 0 Å². The third kappa shape index (κ3) is 5.61. The van der Waals surface area contributed by atoms with E-state index in [0.717, 1.165) is 18.8 Å². The molecule has 1 aliphatic carbocycles. The van der Waals surface area contributed by atoms with E-state index in [4.69, 9.17) is 0 Å². The minimum Gasteiger partial charge on any atom is -0.103 e. The first-order valence-corrected chi connectivity index (χ1v) is 6.26. The molecule has 1 aliphatic rings. The monoisotopic (exact) mass is 204 g/mol. The fraction of sp³-hybridized carbons (Fsp3) is 0.600. The van der Waals surface area contributed by atoms with Gasteiger partial charge in [0.25, 0.3) is 0 Å². The summed E-state index contributed by atoms with van der Waals surface area (Å²) in [4.78, 5) is 0. The van der Waals surface area contributed by atoms with Gasteiger partial charge >= 0.3 is 0 Å². The number of hydrogen-bond acceptors (Lipinski definition) is 0. The molecule has 0 radical (unpaired) electrons. The Morgan fingerprint density at radius 2 is 2.20 bits per heavy atom. The van der Waals surface area contributed by atoms with Crippen LogP contribution in [0.4, 0.5) is 0 Å². The van der Waals surface area contributed by atoms with Crippen molar-refractivity contribution in [3.63, 3.8) is 0 Å². The molecule has 1 fully saturated rings. The lowest BCUT2D eigenvalue weighted by atomic mass is 10.1. The van der Waals surface area contributed by atoms with E-state index >= 15 is 0 Å². The van der Waals surface area contributed by atoms with Gasteiger partial charge < -0.3 is 0 Å². The van der Waals surface area contributed by atoms with E-state index in [1.54, 1.807) is 5.57 Å². The Balaban J connectivity index is 2.07. The lowest BCUT2D eigenvalue weighted by Crippen LogP contribution is -1.80. The molecule has 0 aromatic rings. The van der Waals surface area contributed by atoms with Crippen LogP contribution in [0.5, 0.6) is 0 Å². The molecule has 0 bridgehead atoms. The van der Waals surface area contributed by atoms with Crippen LogP contribution in [0.2, 0.25) is 0 Å². The van der Waals surface area contributed by atoms with Crippen LogP contribution in [0, 0.1) is 5.92 Å². The molecule has 0 heteroatoms. The zero-order chi connectivity index (χ0) is 10.9. The first-order chi connectivity index (χ1) is 7.33. The highest BCUT2D eigenvalue weighted by Gasteiger charge is 2.13. The molecule has 0 aromatic heterocycles. The van der Waals surface area contributed by atoms with Gasteiger partial charge in [0.15, 0.2) is 0 Å². The standard InChI is InChI=1S/C15H24/c1-3-4-5-6-7-8-9-10-15-12-11-14(2)13-15/h3,7-8,10,14H,1,4-6,9,11-13H2,2H3. The molecule has 0 N–H and O–H groups in total. The molecule has 0 aromatic carbocycles. The number of unbranched alkanes of at least 4 members (excludes halogenated alkanes) is 2. The highest BCUT2D eigenvalue weighted by Crippen LogP contribution is 2.29. The largest absolute Gasteiger partial charge is 0.103 e. The Hall–Kier alpha value is -0.780. The van der Waals surface area contributed by atoms with Crippen LogP contribution in [-0.2, 0) is 0 Å². The summed E-state index contributed by atoms with van der Waals surface area (Å²) < 4.78 is 0. The maximum absolute atomic E-state index is 3.72. The maximum Gasteiger partial charge on any atom is -0.0166 e. The van der Waals surface area contributed by atoms with Gasteiger partial charge in [-0.25, -0.2) is 0 Å². The molecule has 0 amide bonds. The van der Waals surface area contributed by atoms with Crippen LogP contribution in [0.3, 0.4) is 0 Å². The van der Waals surface area contributed by atoms with E-state index in [1.807, 2.05) is 6.08 Å². The molecule has 0 spiro atoms. The van der Waals surface area contributed by atoms with Crippen molar-refractivity contribution < 1.29 is 0 Å². The topological polar surface area (TPSA) is 0 Å². The molecule has 1 rings (SSSR count). The van der Waals surface area contributed by atoms with Crippen molar-refractivity contribution in [2.24, 2.45) is 5.92 Å². The van der Waals surface area contributed by atoms with Gasteiger partial charge in [0.05, 0.1) is 0 Å². The summed E-state index contributed by atoms with van der Waals surface area (Å²) in [6.07, 6.45) is 17.8. The smallest absolute Gasteiger partial charge is 0.0166 e. The van der Waals surface area contributed by atoms with Crippen molar-refractivity contribution >= 4 is 0 Å². The minimum atomic E-state index is 0.924. The highest BCUT2D eigenvalue weighted by molar-refractivity contribution is 5.09. The summed E-state index contributed by atoms with van der Waals surface area (Å²) >= 11 is 0. The van der Waals surface area contributed by atoms with Gasteiger partial charge in [0, 0.05) is 0 Å². The third-order valence-corrected chi connectivity index (χ3v) is 3.06. The maximum atomic E-state index is 3.72. The Labute approximate surface area is 94.8 Å². The molecular formula is C15H24. The minimum absolute atomic E-state index is 0.924. The van der Waals surface area contributed by atoms with Crippen LogP contribution < -0.4 is 0 Å². The van der Waals surface area contributed by atoms with Gasteiger partial charge in [-0.2, -0.15) is 0 Å². The number of allylic oxidation sites excluding steroid dienone is 5. The van der Waals surface area contributed by atoms with E-state index in [2.05, 4.69) is 31.7 Å². The van der Waals surface area contributed by atoms with Gasteiger partial charge in [0.1, 0.15) is 0 Å². The van der Waals surface area contributed by atoms with Crippen LogP contribution in [-0.4, -0.2) is 0 Å². The lowest BCUT2D eigenvalue weighted by molar-refractivity contribution is 0.620. The molecule has 1 atom stereocenters. The quantitative estimate of drug-likeness (QED) is 0.420. The molecular weight excluding hydrogens is 180 g/mol. The summed E-state index contributed by atoms with van der Waals surface area (Å²) in [5, 5.41) is 0. The number of hydrogen-bond donors (Lipinski definition) is 0. The molecule has 1 saturated carbocycles. The van der Waals surface area contributed by atoms with Crippen molar-refractivity contribution in [2.45, 2.75) is 51.9 Å². The molecule has 0 heterocycles. The van der Waals surface area contributed by atoms with Crippen LogP contribution in [0.25, 0.3) is 0 Å². The third-order valence-electron chi connectivity index (χ3n) is 3.06. The van der Waals surface area contributed by atoms with E-state index in [0.29, 0.717) is 0 Å². The fourth-order valence-corrected chi connectivity index (χ4v) is 2.10. The predicted molar refractivity (Wildman–Crippen MR) is 68.9 cm³/mol. The van der Waals surface area contributed by atoms with Crippen molar-refractivity contribution in [3.8, 4) is 0 Å². The Morgan fingerprint density at radius 1 is 1.33 bits per heavy atom. The van der Waals surface area contributed by atoms with Crippen molar-refractivity contribution in [3.05, 3.63) is 36.5 Å². The Kier molecular flexibility index (Phi) is 6.15. The highest BCUT2D eigenvalue weighted by atomic mass is 14.2. The SMILES string of the molecule is C=CCCCC=CCC=C1CCC(C)C1. The van der Waals surface area contributed by atoms with E-state index in [1.165, 1.54) is 32.1 Å². The van der Waals surface area contributed by atoms with Gasteiger partial charge in [-0.15, -0.1) is 6.58 Å². The van der Waals surface area contributed by atoms with Gasteiger partial charge in [-0.05, 0) is 50.9 Å². The van der Waals surface area contributed by atoms with E-state index in [-0.39, 0.29) is 0 Å². The lowest BCUT2D eigenvalue weighted by Gasteiger charge is -1.95. The summed E-state index contributed by atoms with van der Waals surface area (Å²) in [5.41, 5.74) is 1.68. The molecule has 0 aliphatic heterocycles. The predicted octanol–water partition coefficient (Wildman–Crippen LogP) is 5.04. The summed E-state index contributed by atoms with van der Waals surface area (Å²) in [6.45, 7) is 6.07. The van der Waals surface area contributed by atoms with Gasteiger partial charge in [-0.1, -0.05) is 36.8 Å². The van der Waals surface area contributed by atoms with Crippen LogP contribution in [0.1, 0.15) is 51.9 Å². The first kappa shape index (κ1) is 12.3. The van der Waals surface area contributed by atoms with Gasteiger partial charge in [0.2, 0.25) is 0 Å².